The van der Waals surface area contributed by atoms with Crippen molar-refractivity contribution in [1.82, 2.24) is 9.55 Å². The molecule has 2 aromatic rings. The Labute approximate surface area is 116 Å². The molecule has 6 heteroatoms. The molecule has 100 valence electrons. The standard InChI is InChI=1S/C13H14ClN3O2/c1-8(13-15-3-4-17(13)2)16-10-6-12-11(5-9(10)14)18-7-19-12/h3-6,8,16H,7H2,1-2H3. The molecule has 2 heterocycles. The molecule has 3 rings (SSSR count). The lowest BCUT2D eigenvalue weighted by Gasteiger charge is -2.16. The maximum atomic E-state index is 6.23. The van der Waals surface area contributed by atoms with E-state index >= 15 is 0 Å². The normalized spacial score (nSPS) is 14.5. The second-order valence-electron chi connectivity index (χ2n) is 4.45. The van der Waals surface area contributed by atoms with E-state index in [9.17, 15) is 0 Å². The molecule has 1 atom stereocenters. The van der Waals surface area contributed by atoms with Crippen LogP contribution in [0, 0.1) is 0 Å². The van der Waals surface area contributed by atoms with Crippen molar-refractivity contribution in [3.8, 4) is 11.5 Å². The largest absolute Gasteiger partial charge is 0.454 e. The van der Waals surface area contributed by atoms with Crippen LogP contribution in [0.25, 0.3) is 0 Å². The van der Waals surface area contributed by atoms with Crippen LogP contribution in [-0.2, 0) is 7.05 Å². The van der Waals surface area contributed by atoms with Gasteiger partial charge < -0.3 is 19.4 Å². The Bertz CT molecular complexity index is 612. The average Bonchev–Trinajstić information content (AvgIpc) is 2.98. The highest BCUT2D eigenvalue weighted by atomic mass is 35.5. The van der Waals surface area contributed by atoms with Crippen LogP contribution in [0.3, 0.4) is 0 Å². The third-order valence-corrected chi connectivity index (χ3v) is 3.39. The Morgan fingerprint density at radius 1 is 1.37 bits per heavy atom. The van der Waals surface area contributed by atoms with Crippen LogP contribution >= 0.6 is 11.6 Å². The number of nitrogens with zero attached hydrogens (tertiary/aromatic N) is 2. The summed E-state index contributed by atoms with van der Waals surface area (Å²) in [4.78, 5) is 4.32. The van der Waals surface area contributed by atoms with Gasteiger partial charge in [-0.2, -0.15) is 0 Å². The number of aryl methyl sites for hydroxylation is 1. The monoisotopic (exact) mass is 279 g/mol. The Morgan fingerprint density at radius 2 is 2.11 bits per heavy atom. The summed E-state index contributed by atoms with van der Waals surface area (Å²) in [6.45, 7) is 2.27. The highest BCUT2D eigenvalue weighted by Gasteiger charge is 2.18. The SMILES string of the molecule is CC(Nc1cc2c(cc1Cl)OCO2)c1nccn1C. The lowest BCUT2D eigenvalue weighted by Crippen LogP contribution is -2.12. The number of aromatic nitrogens is 2. The summed E-state index contributed by atoms with van der Waals surface area (Å²) >= 11 is 6.23. The summed E-state index contributed by atoms with van der Waals surface area (Å²) < 4.78 is 12.6. The third kappa shape index (κ3) is 2.21. The van der Waals surface area contributed by atoms with Crippen LogP contribution in [0.1, 0.15) is 18.8 Å². The number of nitrogens with one attached hydrogen (secondary N) is 1. The van der Waals surface area contributed by atoms with E-state index in [4.69, 9.17) is 21.1 Å². The van der Waals surface area contributed by atoms with E-state index in [1.807, 2.05) is 30.8 Å². The van der Waals surface area contributed by atoms with Gasteiger partial charge in [-0.3, -0.25) is 0 Å². The van der Waals surface area contributed by atoms with E-state index in [0.717, 1.165) is 11.5 Å². The molecule has 19 heavy (non-hydrogen) atoms. The molecule has 1 N–H and O–H groups in total. The smallest absolute Gasteiger partial charge is 0.231 e. The van der Waals surface area contributed by atoms with Gasteiger partial charge in [-0.25, -0.2) is 4.98 Å². The molecule has 0 bridgehead atoms. The number of benzene rings is 1. The molecule has 0 spiro atoms. The fraction of sp³-hybridized carbons (Fsp3) is 0.308. The Kier molecular flexibility index (Phi) is 2.98. The first kappa shape index (κ1) is 12.2. The molecule has 1 aliphatic heterocycles. The summed E-state index contributed by atoms with van der Waals surface area (Å²) in [7, 11) is 1.96. The molecule has 1 aromatic heterocycles. The van der Waals surface area contributed by atoms with Crippen molar-refractivity contribution < 1.29 is 9.47 Å². The summed E-state index contributed by atoms with van der Waals surface area (Å²) in [6, 6.07) is 3.65. The molecule has 0 saturated heterocycles. The van der Waals surface area contributed by atoms with Crippen molar-refractivity contribution in [3.63, 3.8) is 0 Å². The first-order valence-corrected chi connectivity index (χ1v) is 6.36. The molecular formula is C13H14ClN3O2. The number of hydrogen-bond acceptors (Lipinski definition) is 4. The lowest BCUT2D eigenvalue weighted by molar-refractivity contribution is 0.174. The van der Waals surface area contributed by atoms with Gasteiger partial charge in [0.15, 0.2) is 11.5 Å². The van der Waals surface area contributed by atoms with Crippen molar-refractivity contribution in [3.05, 3.63) is 35.4 Å². The van der Waals surface area contributed by atoms with Gasteiger partial charge in [-0.1, -0.05) is 11.6 Å². The summed E-state index contributed by atoms with van der Waals surface area (Å²) in [5.74, 6) is 2.33. The Morgan fingerprint density at radius 3 is 2.79 bits per heavy atom. The fourth-order valence-corrected chi connectivity index (χ4v) is 2.33. The summed E-state index contributed by atoms with van der Waals surface area (Å²) in [5.41, 5.74) is 0.807. The number of fused-ring (bicyclic) bond motifs is 1. The minimum atomic E-state index is 0.0397. The van der Waals surface area contributed by atoms with Crippen LogP contribution in [0.4, 0.5) is 5.69 Å². The van der Waals surface area contributed by atoms with Gasteiger partial charge >= 0.3 is 0 Å². The number of imidazole rings is 1. The van der Waals surface area contributed by atoms with E-state index in [2.05, 4.69) is 10.3 Å². The highest BCUT2D eigenvalue weighted by molar-refractivity contribution is 6.33. The van der Waals surface area contributed by atoms with Gasteiger partial charge in [0.2, 0.25) is 6.79 Å². The quantitative estimate of drug-likeness (QED) is 0.938. The predicted molar refractivity (Wildman–Crippen MR) is 72.8 cm³/mol. The molecule has 1 aliphatic rings. The molecular weight excluding hydrogens is 266 g/mol. The zero-order valence-corrected chi connectivity index (χ0v) is 11.4. The molecule has 0 radical (unpaired) electrons. The Hall–Kier alpha value is -1.88. The number of anilines is 1. The third-order valence-electron chi connectivity index (χ3n) is 3.08. The van der Waals surface area contributed by atoms with E-state index in [0.29, 0.717) is 16.5 Å². The maximum absolute atomic E-state index is 6.23. The van der Waals surface area contributed by atoms with E-state index in [1.165, 1.54) is 0 Å². The molecule has 5 nitrogen and oxygen atoms in total. The average molecular weight is 280 g/mol. The maximum Gasteiger partial charge on any atom is 0.231 e. The van der Waals surface area contributed by atoms with Gasteiger partial charge in [0.25, 0.3) is 0 Å². The van der Waals surface area contributed by atoms with Crippen molar-refractivity contribution in [2.75, 3.05) is 12.1 Å². The zero-order chi connectivity index (χ0) is 13.4. The van der Waals surface area contributed by atoms with Crippen LogP contribution in [-0.4, -0.2) is 16.3 Å². The molecule has 0 amide bonds. The zero-order valence-electron chi connectivity index (χ0n) is 10.7. The van der Waals surface area contributed by atoms with E-state index in [-0.39, 0.29) is 12.8 Å². The van der Waals surface area contributed by atoms with E-state index < -0.39 is 0 Å². The van der Waals surface area contributed by atoms with Crippen molar-refractivity contribution in [1.29, 1.82) is 0 Å². The first-order chi connectivity index (χ1) is 9.15. The van der Waals surface area contributed by atoms with Crippen LogP contribution in [0.2, 0.25) is 5.02 Å². The van der Waals surface area contributed by atoms with Crippen molar-refractivity contribution in [2.24, 2.45) is 7.05 Å². The molecule has 0 saturated carbocycles. The van der Waals surface area contributed by atoms with Crippen LogP contribution in [0.15, 0.2) is 24.5 Å². The van der Waals surface area contributed by atoms with Crippen LogP contribution < -0.4 is 14.8 Å². The van der Waals surface area contributed by atoms with Crippen molar-refractivity contribution >= 4 is 17.3 Å². The van der Waals surface area contributed by atoms with Gasteiger partial charge in [0.1, 0.15) is 5.82 Å². The second-order valence-corrected chi connectivity index (χ2v) is 4.85. The minimum Gasteiger partial charge on any atom is -0.454 e. The van der Waals surface area contributed by atoms with Crippen molar-refractivity contribution in [2.45, 2.75) is 13.0 Å². The molecule has 0 fully saturated rings. The predicted octanol–water partition coefficient (Wildman–Crippen LogP) is 2.98. The van der Waals surface area contributed by atoms with Crippen LogP contribution in [0.5, 0.6) is 11.5 Å². The van der Waals surface area contributed by atoms with Gasteiger partial charge in [-0.15, -0.1) is 0 Å². The molecule has 1 unspecified atom stereocenters. The molecule has 1 aromatic carbocycles. The van der Waals surface area contributed by atoms with E-state index in [1.54, 1.807) is 12.3 Å². The highest BCUT2D eigenvalue weighted by Crippen LogP contribution is 2.40. The topological polar surface area (TPSA) is 48.3 Å². The fourth-order valence-electron chi connectivity index (χ4n) is 2.12. The summed E-state index contributed by atoms with van der Waals surface area (Å²) in [6.07, 6.45) is 3.68. The Balaban J connectivity index is 1.86. The second kappa shape index (κ2) is 4.66. The molecule has 0 aliphatic carbocycles. The summed E-state index contributed by atoms with van der Waals surface area (Å²) in [5, 5.41) is 3.93. The first-order valence-electron chi connectivity index (χ1n) is 5.98. The number of hydrogen-bond donors (Lipinski definition) is 1. The lowest BCUT2D eigenvalue weighted by atomic mass is 10.2. The van der Waals surface area contributed by atoms with Gasteiger partial charge in [0.05, 0.1) is 16.8 Å². The number of ether oxygens (including phenoxy) is 2. The number of halogens is 1. The minimum absolute atomic E-state index is 0.0397. The van der Waals surface area contributed by atoms with Gasteiger partial charge in [0, 0.05) is 31.6 Å². The van der Waals surface area contributed by atoms with Gasteiger partial charge in [-0.05, 0) is 6.92 Å². The number of rotatable bonds is 3.